The molecule has 0 radical (unpaired) electrons. The first-order valence-electron chi connectivity index (χ1n) is 4.22. The second kappa shape index (κ2) is 3.65. The van der Waals surface area contributed by atoms with E-state index in [2.05, 4.69) is 0 Å². The Morgan fingerprint density at radius 1 is 1.13 bits per heavy atom. The van der Waals surface area contributed by atoms with Gasteiger partial charge in [-0.3, -0.25) is 4.79 Å². The zero-order valence-electron chi connectivity index (χ0n) is 7.54. The first-order chi connectivity index (χ1) is 7.20. The van der Waals surface area contributed by atoms with Gasteiger partial charge in [-0.05, 0) is 24.3 Å². The predicted molar refractivity (Wildman–Crippen MR) is 48.5 cm³/mol. The Labute approximate surface area is 84.1 Å². The van der Waals surface area contributed by atoms with Crippen LogP contribution in [-0.4, -0.2) is 5.78 Å². The highest BCUT2D eigenvalue weighted by molar-refractivity contribution is 6.07. The Morgan fingerprint density at radius 3 is 2.60 bits per heavy atom. The van der Waals surface area contributed by atoms with Crippen LogP contribution in [-0.2, 0) is 0 Å². The number of hydrogen-bond acceptors (Lipinski definition) is 2. The van der Waals surface area contributed by atoms with Gasteiger partial charge < -0.3 is 4.42 Å². The van der Waals surface area contributed by atoms with E-state index >= 15 is 0 Å². The standard InChI is InChI=1S/C11H6F2O2/c12-8-4-1-3-7(10(8)13)11(14)9-5-2-6-15-9/h1-6H. The zero-order valence-corrected chi connectivity index (χ0v) is 7.54. The van der Waals surface area contributed by atoms with Crippen molar-refractivity contribution in [3.05, 3.63) is 59.6 Å². The van der Waals surface area contributed by atoms with E-state index in [-0.39, 0.29) is 11.3 Å². The molecule has 0 spiro atoms. The summed E-state index contributed by atoms with van der Waals surface area (Å²) in [6.07, 6.45) is 1.30. The topological polar surface area (TPSA) is 30.2 Å². The van der Waals surface area contributed by atoms with Gasteiger partial charge in [0, 0.05) is 0 Å². The van der Waals surface area contributed by atoms with Gasteiger partial charge in [0.2, 0.25) is 5.78 Å². The minimum atomic E-state index is -1.15. The van der Waals surface area contributed by atoms with Gasteiger partial charge in [-0.25, -0.2) is 8.78 Å². The molecule has 2 nitrogen and oxygen atoms in total. The molecule has 0 aliphatic carbocycles. The van der Waals surface area contributed by atoms with Crippen LogP contribution in [0.1, 0.15) is 16.1 Å². The summed E-state index contributed by atoms with van der Waals surface area (Å²) in [5.74, 6) is -2.89. The molecule has 76 valence electrons. The van der Waals surface area contributed by atoms with E-state index in [1.807, 2.05) is 0 Å². The quantitative estimate of drug-likeness (QED) is 0.710. The highest BCUT2D eigenvalue weighted by Gasteiger charge is 2.18. The lowest BCUT2D eigenvalue weighted by Crippen LogP contribution is -2.04. The van der Waals surface area contributed by atoms with Crippen molar-refractivity contribution in [3.63, 3.8) is 0 Å². The average Bonchev–Trinajstić information content (AvgIpc) is 2.74. The van der Waals surface area contributed by atoms with Gasteiger partial charge in [0.25, 0.3) is 0 Å². The van der Waals surface area contributed by atoms with E-state index in [1.165, 1.54) is 30.5 Å². The van der Waals surface area contributed by atoms with E-state index in [0.29, 0.717) is 0 Å². The van der Waals surface area contributed by atoms with E-state index < -0.39 is 17.4 Å². The van der Waals surface area contributed by atoms with Gasteiger partial charge in [-0.1, -0.05) is 6.07 Å². The molecule has 0 bridgehead atoms. The molecule has 0 amide bonds. The predicted octanol–water partition coefficient (Wildman–Crippen LogP) is 2.79. The molecule has 15 heavy (non-hydrogen) atoms. The third kappa shape index (κ3) is 1.66. The number of hydrogen-bond donors (Lipinski definition) is 0. The summed E-state index contributed by atoms with van der Waals surface area (Å²) in [6.45, 7) is 0. The molecule has 0 fully saturated rings. The van der Waals surface area contributed by atoms with Crippen molar-refractivity contribution in [2.75, 3.05) is 0 Å². The summed E-state index contributed by atoms with van der Waals surface area (Å²) < 4.78 is 30.8. The fraction of sp³-hybridized carbons (Fsp3) is 0. The molecule has 0 atom stereocenters. The van der Waals surface area contributed by atoms with Gasteiger partial charge in [0.15, 0.2) is 17.4 Å². The van der Waals surface area contributed by atoms with Crippen molar-refractivity contribution in [2.24, 2.45) is 0 Å². The molecule has 0 N–H and O–H groups in total. The first-order valence-corrected chi connectivity index (χ1v) is 4.22. The molecular formula is C11H6F2O2. The number of halogens is 2. The van der Waals surface area contributed by atoms with Crippen molar-refractivity contribution < 1.29 is 18.0 Å². The highest BCUT2D eigenvalue weighted by Crippen LogP contribution is 2.16. The third-order valence-electron chi connectivity index (χ3n) is 1.94. The number of carbonyl (C=O) groups excluding carboxylic acids is 1. The van der Waals surface area contributed by atoms with Gasteiger partial charge >= 0.3 is 0 Å². The number of carbonyl (C=O) groups is 1. The lowest BCUT2D eigenvalue weighted by atomic mass is 10.1. The summed E-state index contributed by atoms with van der Waals surface area (Å²) in [4.78, 5) is 11.6. The highest BCUT2D eigenvalue weighted by atomic mass is 19.2. The number of benzene rings is 1. The van der Waals surface area contributed by atoms with E-state index in [1.54, 1.807) is 0 Å². The Hall–Kier alpha value is -1.97. The monoisotopic (exact) mass is 208 g/mol. The molecule has 0 aliphatic rings. The molecule has 2 rings (SSSR count). The molecule has 0 unspecified atom stereocenters. The molecule has 1 aromatic heterocycles. The van der Waals surface area contributed by atoms with Gasteiger partial charge in [0.1, 0.15) is 0 Å². The summed E-state index contributed by atoms with van der Waals surface area (Å²) in [5.41, 5.74) is -0.329. The van der Waals surface area contributed by atoms with Crippen molar-refractivity contribution in [1.82, 2.24) is 0 Å². The molecule has 1 heterocycles. The van der Waals surface area contributed by atoms with E-state index in [0.717, 1.165) is 6.07 Å². The van der Waals surface area contributed by atoms with Crippen molar-refractivity contribution in [3.8, 4) is 0 Å². The normalized spacial score (nSPS) is 10.3. The fourth-order valence-corrected chi connectivity index (χ4v) is 1.22. The van der Waals surface area contributed by atoms with Crippen molar-refractivity contribution in [1.29, 1.82) is 0 Å². The maximum Gasteiger partial charge on any atom is 0.231 e. The van der Waals surface area contributed by atoms with Crippen LogP contribution in [0.15, 0.2) is 41.0 Å². The first kappa shape index (κ1) is 9.58. The van der Waals surface area contributed by atoms with Gasteiger partial charge in [-0.15, -0.1) is 0 Å². The lowest BCUT2D eigenvalue weighted by molar-refractivity contribution is 0.100. The van der Waals surface area contributed by atoms with E-state index in [4.69, 9.17) is 4.42 Å². The molecule has 0 saturated heterocycles. The summed E-state index contributed by atoms with van der Waals surface area (Å²) in [5, 5.41) is 0. The largest absolute Gasteiger partial charge is 0.461 e. The zero-order chi connectivity index (χ0) is 10.8. The van der Waals surface area contributed by atoms with E-state index in [9.17, 15) is 13.6 Å². The van der Waals surface area contributed by atoms with Crippen LogP contribution in [0.25, 0.3) is 0 Å². The fourth-order valence-electron chi connectivity index (χ4n) is 1.22. The van der Waals surface area contributed by atoms with Crippen LogP contribution in [0.3, 0.4) is 0 Å². The molecule has 1 aromatic carbocycles. The SMILES string of the molecule is O=C(c1ccco1)c1cccc(F)c1F. The lowest BCUT2D eigenvalue weighted by Gasteiger charge is -1.99. The summed E-state index contributed by atoms with van der Waals surface area (Å²) in [7, 11) is 0. The van der Waals surface area contributed by atoms with Crippen LogP contribution >= 0.6 is 0 Å². The second-order valence-corrected chi connectivity index (χ2v) is 2.91. The summed E-state index contributed by atoms with van der Waals surface area (Å²) >= 11 is 0. The third-order valence-corrected chi connectivity index (χ3v) is 1.94. The van der Waals surface area contributed by atoms with Crippen LogP contribution in [0.4, 0.5) is 8.78 Å². The molecular weight excluding hydrogens is 202 g/mol. The Kier molecular flexibility index (Phi) is 2.33. The van der Waals surface area contributed by atoms with Crippen molar-refractivity contribution in [2.45, 2.75) is 0 Å². The van der Waals surface area contributed by atoms with Crippen LogP contribution in [0.5, 0.6) is 0 Å². The number of furan rings is 1. The molecule has 2 aromatic rings. The second-order valence-electron chi connectivity index (χ2n) is 2.91. The Bertz CT molecular complexity index is 489. The minimum Gasteiger partial charge on any atom is -0.461 e. The number of ketones is 1. The van der Waals surface area contributed by atoms with Gasteiger partial charge in [-0.2, -0.15) is 0 Å². The Morgan fingerprint density at radius 2 is 1.93 bits per heavy atom. The minimum absolute atomic E-state index is 0.0144. The Balaban J connectivity index is 2.47. The molecule has 0 aliphatic heterocycles. The summed E-state index contributed by atoms with van der Waals surface area (Å²) in [6, 6.07) is 6.34. The average molecular weight is 208 g/mol. The van der Waals surface area contributed by atoms with Crippen LogP contribution < -0.4 is 0 Å². The number of rotatable bonds is 2. The maximum atomic E-state index is 13.2. The smallest absolute Gasteiger partial charge is 0.231 e. The van der Waals surface area contributed by atoms with Gasteiger partial charge in [0.05, 0.1) is 11.8 Å². The maximum absolute atomic E-state index is 13.2. The van der Waals surface area contributed by atoms with Crippen LogP contribution in [0, 0.1) is 11.6 Å². The molecule has 4 heteroatoms. The van der Waals surface area contributed by atoms with Crippen molar-refractivity contribution >= 4 is 5.78 Å². The molecule has 0 saturated carbocycles. The van der Waals surface area contributed by atoms with Crippen LogP contribution in [0.2, 0.25) is 0 Å².